The van der Waals surface area contributed by atoms with E-state index in [4.69, 9.17) is 0 Å². The molecular formula is C13H14F3N5O2S. The number of benzene rings is 1. The van der Waals surface area contributed by atoms with Gasteiger partial charge in [-0.15, -0.1) is 5.10 Å². The smallest absolute Gasteiger partial charge is 0.422 e. The third kappa shape index (κ3) is 5.72. The Morgan fingerprint density at radius 1 is 1.33 bits per heavy atom. The number of tetrazole rings is 1. The van der Waals surface area contributed by atoms with Crippen molar-refractivity contribution in [2.75, 3.05) is 18.9 Å². The molecule has 0 saturated heterocycles. The van der Waals surface area contributed by atoms with E-state index in [2.05, 4.69) is 25.6 Å². The van der Waals surface area contributed by atoms with E-state index in [-0.39, 0.29) is 6.54 Å². The third-order valence-corrected chi connectivity index (χ3v) is 3.61. The van der Waals surface area contributed by atoms with Crippen LogP contribution in [0.1, 0.15) is 5.56 Å². The number of nitrogens with zero attached hydrogens (tertiary/aromatic N) is 4. The number of aryl methyl sites for hydroxylation is 1. The highest BCUT2D eigenvalue weighted by atomic mass is 32.2. The number of carbonyl (C=O) groups excluding carboxylic acids is 1. The molecule has 0 saturated carbocycles. The molecule has 0 aliphatic rings. The maximum Gasteiger partial charge on any atom is 0.422 e. The van der Waals surface area contributed by atoms with Gasteiger partial charge in [-0.25, -0.2) is 4.79 Å². The summed E-state index contributed by atoms with van der Waals surface area (Å²) in [6.45, 7) is 0.461. The molecule has 7 nitrogen and oxygen atoms in total. The first-order valence-electron chi connectivity index (χ1n) is 6.81. The minimum Gasteiger partial charge on any atom is -0.440 e. The van der Waals surface area contributed by atoms with Gasteiger partial charge in [-0.05, 0) is 29.5 Å². The SMILES string of the molecule is Cc1ccc(-n2nnnc2SCCNC(=O)OCC(F)(F)F)cc1. The Bertz CT molecular complexity index is 675. The van der Waals surface area contributed by atoms with E-state index in [9.17, 15) is 18.0 Å². The molecule has 1 N–H and O–H groups in total. The Kier molecular flexibility index (Phi) is 6.01. The molecule has 0 bridgehead atoms. The molecule has 130 valence electrons. The molecule has 2 rings (SSSR count). The number of rotatable bonds is 6. The molecule has 0 radical (unpaired) electrons. The number of hydrogen-bond acceptors (Lipinski definition) is 6. The molecule has 1 heterocycles. The summed E-state index contributed by atoms with van der Waals surface area (Å²) < 4.78 is 41.2. The molecule has 24 heavy (non-hydrogen) atoms. The van der Waals surface area contributed by atoms with Crippen molar-refractivity contribution in [2.24, 2.45) is 0 Å². The monoisotopic (exact) mass is 361 g/mol. The Labute approximate surface area is 139 Å². The molecule has 0 unspecified atom stereocenters. The highest BCUT2D eigenvalue weighted by Gasteiger charge is 2.29. The summed E-state index contributed by atoms with van der Waals surface area (Å²) in [5, 5.41) is 14.1. The van der Waals surface area contributed by atoms with Crippen molar-refractivity contribution in [3.8, 4) is 5.69 Å². The Morgan fingerprint density at radius 2 is 2.04 bits per heavy atom. The van der Waals surface area contributed by atoms with Gasteiger partial charge in [0.1, 0.15) is 0 Å². The summed E-state index contributed by atoms with van der Waals surface area (Å²) in [6.07, 6.45) is -5.66. The highest BCUT2D eigenvalue weighted by Crippen LogP contribution is 2.18. The van der Waals surface area contributed by atoms with Crippen LogP contribution in [0.25, 0.3) is 5.69 Å². The van der Waals surface area contributed by atoms with Crippen LogP contribution < -0.4 is 5.32 Å². The average Bonchev–Trinajstić information content (AvgIpc) is 2.98. The summed E-state index contributed by atoms with van der Waals surface area (Å²) in [6, 6.07) is 7.57. The van der Waals surface area contributed by atoms with Gasteiger partial charge in [-0.2, -0.15) is 17.9 Å². The number of alkyl halides is 3. The molecule has 1 amide bonds. The Hall–Kier alpha value is -2.30. The number of carbonyl (C=O) groups is 1. The lowest BCUT2D eigenvalue weighted by molar-refractivity contribution is -0.160. The summed E-state index contributed by atoms with van der Waals surface area (Å²) in [5.74, 6) is 0.368. The fourth-order valence-electron chi connectivity index (χ4n) is 1.61. The third-order valence-electron chi connectivity index (χ3n) is 2.69. The van der Waals surface area contributed by atoms with Crippen LogP contribution in [0.15, 0.2) is 29.4 Å². The first kappa shape index (κ1) is 18.0. The molecule has 2 aromatic rings. The average molecular weight is 361 g/mol. The van der Waals surface area contributed by atoms with Gasteiger partial charge in [0.05, 0.1) is 5.69 Å². The number of aromatic nitrogens is 4. The van der Waals surface area contributed by atoms with Crippen LogP contribution in [0.4, 0.5) is 18.0 Å². The standard InChI is InChI=1S/C13H14F3N5O2S/c1-9-2-4-10(5-3-9)21-11(18-19-20-21)24-7-6-17-12(22)23-8-13(14,15)16/h2-5H,6-8H2,1H3,(H,17,22). The van der Waals surface area contributed by atoms with Crippen molar-refractivity contribution in [3.05, 3.63) is 29.8 Å². The zero-order valence-electron chi connectivity index (χ0n) is 12.6. The number of thioether (sulfide) groups is 1. The highest BCUT2D eigenvalue weighted by molar-refractivity contribution is 7.99. The van der Waals surface area contributed by atoms with Crippen LogP contribution in [0.5, 0.6) is 0 Å². The van der Waals surface area contributed by atoms with Crippen LogP contribution in [0.3, 0.4) is 0 Å². The van der Waals surface area contributed by atoms with Crippen LogP contribution >= 0.6 is 11.8 Å². The van der Waals surface area contributed by atoms with Gasteiger partial charge in [0.2, 0.25) is 5.16 Å². The van der Waals surface area contributed by atoms with E-state index in [0.717, 1.165) is 11.3 Å². The van der Waals surface area contributed by atoms with Crippen molar-refractivity contribution in [2.45, 2.75) is 18.3 Å². The van der Waals surface area contributed by atoms with Crippen LogP contribution in [0, 0.1) is 6.92 Å². The summed E-state index contributed by atoms with van der Waals surface area (Å²) in [4.78, 5) is 11.1. The van der Waals surface area contributed by atoms with Gasteiger partial charge in [0.15, 0.2) is 6.61 Å². The minimum atomic E-state index is -4.54. The molecule has 1 aromatic carbocycles. The van der Waals surface area contributed by atoms with E-state index in [1.165, 1.54) is 16.4 Å². The summed E-state index contributed by atoms with van der Waals surface area (Å²) >= 11 is 1.25. The van der Waals surface area contributed by atoms with E-state index in [1.54, 1.807) is 0 Å². The van der Waals surface area contributed by atoms with Crippen molar-refractivity contribution in [3.63, 3.8) is 0 Å². The molecule has 0 fully saturated rings. The zero-order chi connectivity index (χ0) is 17.6. The van der Waals surface area contributed by atoms with E-state index in [1.807, 2.05) is 31.2 Å². The topological polar surface area (TPSA) is 81.9 Å². The fraction of sp³-hybridized carbons (Fsp3) is 0.385. The largest absolute Gasteiger partial charge is 0.440 e. The van der Waals surface area contributed by atoms with Crippen molar-refractivity contribution >= 4 is 17.9 Å². The van der Waals surface area contributed by atoms with Gasteiger partial charge in [-0.3, -0.25) is 0 Å². The lowest BCUT2D eigenvalue weighted by atomic mass is 10.2. The van der Waals surface area contributed by atoms with Crippen LogP contribution in [-0.2, 0) is 4.74 Å². The number of ether oxygens (including phenoxy) is 1. The predicted molar refractivity (Wildman–Crippen MR) is 80.0 cm³/mol. The van der Waals surface area contributed by atoms with Crippen molar-refractivity contribution in [1.82, 2.24) is 25.5 Å². The second-order valence-corrected chi connectivity index (χ2v) is 5.74. The summed E-state index contributed by atoms with van der Waals surface area (Å²) in [5.41, 5.74) is 1.88. The Balaban J connectivity index is 1.79. The summed E-state index contributed by atoms with van der Waals surface area (Å²) in [7, 11) is 0. The van der Waals surface area contributed by atoms with Gasteiger partial charge in [0, 0.05) is 12.3 Å². The Morgan fingerprint density at radius 3 is 2.71 bits per heavy atom. The number of hydrogen-bond donors (Lipinski definition) is 1. The van der Waals surface area contributed by atoms with E-state index in [0.29, 0.717) is 10.9 Å². The van der Waals surface area contributed by atoms with Crippen molar-refractivity contribution < 1.29 is 22.7 Å². The van der Waals surface area contributed by atoms with Crippen molar-refractivity contribution in [1.29, 1.82) is 0 Å². The molecular weight excluding hydrogens is 347 g/mol. The van der Waals surface area contributed by atoms with Gasteiger partial charge < -0.3 is 10.1 Å². The molecule has 0 aliphatic carbocycles. The molecule has 1 aromatic heterocycles. The lowest BCUT2D eigenvalue weighted by Gasteiger charge is -2.09. The normalized spacial score (nSPS) is 11.3. The maximum absolute atomic E-state index is 11.9. The van der Waals surface area contributed by atoms with Crippen LogP contribution in [0.2, 0.25) is 0 Å². The number of halogens is 3. The molecule has 0 atom stereocenters. The maximum atomic E-state index is 11.9. The number of alkyl carbamates (subject to hydrolysis) is 1. The van der Waals surface area contributed by atoms with Gasteiger partial charge in [-0.1, -0.05) is 29.5 Å². The lowest BCUT2D eigenvalue weighted by Crippen LogP contribution is -2.30. The zero-order valence-corrected chi connectivity index (χ0v) is 13.4. The van der Waals surface area contributed by atoms with Gasteiger partial charge >= 0.3 is 12.3 Å². The molecule has 11 heteroatoms. The number of nitrogens with one attached hydrogen (secondary N) is 1. The van der Waals surface area contributed by atoms with Gasteiger partial charge in [0.25, 0.3) is 0 Å². The second-order valence-electron chi connectivity index (χ2n) is 4.68. The minimum absolute atomic E-state index is 0.113. The molecule has 0 spiro atoms. The molecule has 0 aliphatic heterocycles. The van der Waals surface area contributed by atoms with Crippen LogP contribution in [-0.4, -0.2) is 51.4 Å². The second kappa shape index (κ2) is 7.99. The van der Waals surface area contributed by atoms with E-state index >= 15 is 0 Å². The first-order chi connectivity index (χ1) is 11.3. The first-order valence-corrected chi connectivity index (χ1v) is 7.79. The quantitative estimate of drug-likeness (QED) is 0.628. The number of amides is 1. The fourth-order valence-corrected chi connectivity index (χ4v) is 2.36. The predicted octanol–water partition coefficient (Wildman–Crippen LogP) is 2.35. The van der Waals surface area contributed by atoms with E-state index < -0.39 is 18.9 Å².